The van der Waals surface area contributed by atoms with E-state index in [1.165, 1.54) is 22.2 Å². The van der Waals surface area contributed by atoms with E-state index in [2.05, 4.69) is 144 Å². The van der Waals surface area contributed by atoms with Crippen LogP contribution in [0.4, 0.5) is 11.4 Å². The minimum atomic E-state index is -0.290. The number of para-hydroxylation sites is 2. The van der Waals surface area contributed by atoms with Crippen molar-refractivity contribution in [1.29, 1.82) is 10.5 Å². The molecular weight excluding hydrogens is 597 g/mol. The molecule has 3 aliphatic rings. The van der Waals surface area contributed by atoms with Crippen molar-refractivity contribution in [3.8, 4) is 40.1 Å². The fourth-order valence-corrected chi connectivity index (χ4v) is 8.32. The predicted molar refractivity (Wildman–Crippen MR) is 199 cm³/mol. The second-order valence-electron chi connectivity index (χ2n) is 13.3. The van der Waals surface area contributed by atoms with Gasteiger partial charge >= 0.3 is 0 Å². The van der Waals surface area contributed by atoms with Crippen LogP contribution in [-0.4, -0.2) is 10.6 Å². The molecule has 0 saturated heterocycles. The van der Waals surface area contributed by atoms with Crippen molar-refractivity contribution in [3.63, 3.8) is 0 Å². The molecule has 2 unspecified atom stereocenters. The summed E-state index contributed by atoms with van der Waals surface area (Å²) in [5, 5.41) is 21.9. The van der Waals surface area contributed by atoms with Crippen molar-refractivity contribution in [2.24, 2.45) is 0 Å². The van der Waals surface area contributed by atoms with Gasteiger partial charge in [0.1, 0.15) is 6.07 Å². The van der Waals surface area contributed by atoms with Gasteiger partial charge in [0, 0.05) is 33.3 Å². The second-order valence-corrected chi connectivity index (χ2v) is 13.3. The topological polar surface area (TPSA) is 55.8 Å². The lowest BCUT2D eigenvalue weighted by Crippen LogP contribution is -2.39. The zero-order valence-electron chi connectivity index (χ0n) is 27.1. The zero-order valence-corrected chi connectivity index (χ0v) is 27.1. The molecule has 2 heterocycles. The van der Waals surface area contributed by atoms with E-state index in [9.17, 15) is 10.5 Å². The average molecular weight is 629 g/mol. The summed E-state index contributed by atoms with van der Waals surface area (Å²) in [5.41, 5.74) is 13.0. The molecule has 4 nitrogen and oxygen atoms in total. The number of nitrogens with zero attached hydrogens (tertiary/aromatic N) is 4. The van der Waals surface area contributed by atoms with Crippen LogP contribution in [0.25, 0.3) is 44.9 Å². The lowest BCUT2D eigenvalue weighted by Gasteiger charge is -2.35. The van der Waals surface area contributed by atoms with E-state index in [0.29, 0.717) is 11.1 Å². The Hall–Kier alpha value is -6.36. The van der Waals surface area contributed by atoms with E-state index in [1.54, 1.807) is 0 Å². The molecule has 1 aromatic heterocycles. The van der Waals surface area contributed by atoms with Gasteiger partial charge in [0.2, 0.25) is 0 Å². The van der Waals surface area contributed by atoms with E-state index in [-0.39, 0.29) is 11.5 Å². The lowest BCUT2D eigenvalue weighted by atomic mass is 9.76. The monoisotopic (exact) mass is 628 g/mol. The van der Waals surface area contributed by atoms with Gasteiger partial charge in [0.05, 0.1) is 40.1 Å². The first-order chi connectivity index (χ1) is 24.1. The number of rotatable bonds is 4. The summed E-state index contributed by atoms with van der Waals surface area (Å²) in [6.45, 7) is 2.24. The zero-order chi connectivity index (χ0) is 33.1. The first-order valence-electron chi connectivity index (χ1n) is 16.8. The molecule has 232 valence electrons. The molecule has 2 aliphatic carbocycles. The number of fused-ring (bicyclic) bond motifs is 6. The summed E-state index contributed by atoms with van der Waals surface area (Å²) in [6, 6.07) is 42.8. The van der Waals surface area contributed by atoms with Gasteiger partial charge in [-0.25, -0.2) is 0 Å². The Morgan fingerprint density at radius 2 is 1.51 bits per heavy atom. The van der Waals surface area contributed by atoms with Gasteiger partial charge in [-0.15, -0.1) is 0 Å². The number of nitriles is 2. The molecule has 1 aliphatic heterocycles. The van der Waals surface area contributed by atoms with E-state index in [4.69, 9.17) is 0 Å². The third-order valence-electron chi connectivity index (χ3n) is 10.6. The molecule has 9 rings (SSSR count). The summed E-state index contributed by atoms with van der Waals surface area (Å²) >= 11 is 0. The van der Waals surface area contributed by atoms with Crippen LogP contribution in [0.1, 0.15) is 41.3 Å². The van der Waals surface area contributed by atoms with Gasteiger partial charge in [0.25, 0.3) is 0 Å². The Morgan fingerprint density at radius 1 is 0.735 bits per heavy atom. The lowest BCUT2D eigenvalue weighted by molar-refractivity contribution is 0.550. The van der Waals surface area contributed by atoms with Crippen molar-refractivity contribution in [3.05, 3.63) is 168 Å². The van der Waals surface area contributed by atoms with E-state index in [0.717, 1.165) is 57.7 Å². The van der Waals surface area contributed by atoms with Crippen LogP contribution in [0.2, 0.25) is 0 Å². The third kappa shape index (κ3) is 4.28. The molecule has 6 aromatic rings. The molecule has 5 aromatic carbocycles. The van der Waals surface area contributed by atoms with Crippen molar-refractivity contribution >= 4 is 28.4 Å². The quantitative estimate of drug-likeness (QED) is 0.195. The molecule has 0 fully saturated rings. The van der Waals surface area contributed by atoms with Crippen LogP contribution < -0.4 is 4.90 Å². The minimum Gasteiger partial charge on any atom is -0.332 e. The van der Waals surface area contributed by atoms with Crippen LogP contribution in [0.3, 0.4) is 0 Å². The van der Waals surface area contributed by atoms with Gasteiger partial charge in [-0.3, -0.25) is 0 Å². The van der Waals surface area contributed by atoms with Crippen LogP contribution in [0.15, 0.2) is 140 Å². The summed E-state index contributed by atoms with van der Waals surface area (Å²) < 4.78 is 2.41. The summed E-state index contributed by atoms with van der Waals surface area (Å²) in [4.78, 5) is 2.26. The first kappa shape index (κ1) is 28.8. The molecule has 4 heteroatoms. The molecule has 0 N–H and O–H groups in total. The Bertz CT molecular complexity index is 2510. The molecular formula is C45H32N4. The number of anilines is 2. The average Bonchev–Trinajstić information content (AvgIpc) is 3.63. The molecule has 0 radical (unpaired) electrons. The highest BCUT2D eigenvalue weighted by Gasteiger charge is 2.47. The fraction of sp³-hybridized carbons (Fsp3) is 0.111. The highest BCUT2D eigenvalue weighted by molar-refractivity contribution is 5.93. The molecule has 2 atom stereocenters. The molecule has 0 bridgehead atoms. The van der Waals surface area contributed by atoms with Gasteiger partial charge in [-0.1, -0.05) is 103 Å². The second kappa shape index (κ2) is 11.1. The van der Waals surface area contributed by atoms with Crippen LogP contribution in [0, 0.1) is 22.7 Å². The summed E-state index contributed by atoms with van der Waals surface area (Å²) in [7, 11) is 0. The fourth-order valence-electron chi connectivity index (χ4n) is 8.32. The van der Waals surface area contributed by atoms with Crippen LogP contribution in [0.5, 0.6) is 0 Å². The van der Waals surface area contributed by atoms with Crippen molar-refractivity contribution in [2.45, 2.75) is 31.2 Å². The molecule has 0 spiro atoms. The maximum Gasteiger partial charge on any atom is 0.102 e. The van der Waals surface area contributed by atoms with Crippen LogP contribution in [-0.2, 0) is 11.8 Å². The maximum absolute atomic E-state index is 10.8. The Kier molecular flexibility index (Phi) is 6.54. The maximum atomic E-state index is 10.8. The van der Waals surface area contributed by atoms with Gasteiger partial charge in [-0.2, -0.15) is 10.5 Å². The minimum absolute atomic E-state index is 0.0293. The number of hydrogen-bond donors (Lipinski definition) is 0. The van der Waals surface area contributed by atoms with E-state index in [1.807, 2.05) is 30.3 Å². The normalized spacial score (nSPS) is 18.5. The number of benzene rings is 5. The number of allylic oxidation sites excluding steroid dienone is 3. The highest BCUT2D eigenvalue weighted by atomic mass is 15.2. The molecule has 0 saturated carbocycles. The smallest absolute Gasteiger partial charge is 0.102 e. The van der Waals surface area contributed by atoms with E-state index >= 15 is 0 Å². The van der Waals surface area contributed by atoms with Crippen LogP contribution >= 0.6 is 0 Å². The Morgan fingerprint density at radius 3 is 2.39 bits per heavy atom. The van der Waals surface area contributed by atoms with Gasteiger partial charge in [0.15, 0.2) is 0 Å². The highest BCUT2D eigenvalue weighted by Crippen LogP contribution is 2.53. The third-order valence-corrected chi connectivity index (χ3v) is 10.6. The SMILES string of the molecule is CC12C=CC=CC1N(c1cccc(-c3cccc(-c4ccccc4-n4c5c(c6ccccc64)CCC=C5)c3)c1C#N)c1cc(C#N)ccc12. The van der Waals surface area contributed by atoms with Crippen molar-refractivity contribution in [2.75, 3.05) is 4.90 Å². The number of aryl methyl sites for hydroxylation is 1. The van der Waals surface area contributed by atoms with Crippen molar-refractivity contribution < 1.29 is 0 Å². The Balaban J connectivity index is 1.20. The number of hydrogen-bond acceptors (Lipinski definition) is 3. The van der Waals surface area contributed by atoms with Gasteiger partial charge in [-0.05, 0) is 84.5 Å². The number of aromatic nitrogens is 1. The van der Waals surface area contributed by atoms with Crippen molar-refractivity contribution in [1.82, 2.24) is 4.57 Å². The predicted octanol–water partition coefficient (Wildman–Crippen LogP) is 10.6. The molecule has 49 heavy (non-hydrogen) atoms. The Labute approximate surface area is 286 Å². The van der Waals surface area contributed by atoms with Gasteiger partial charge < -0.3 is 9.47 Å². The first-order valence-corrected chi connectivity index (χ1v) is 16.8. The summed E-state index contributed by atoms with van der Waals surface area (Å²) in [6.07, 6.45) is 15.3. The largest absolute Gasteiger partial charge is 0.332 e. The van der Waals surface area contributed by atoms with E-state index < -0.39 is 0 Å². The standard InChI is InChI=1S/C45H32N4/c1-45-25-9-8-22-44(45)49(43-26-30(28-46)23-24-38(43)45)42-21-11-17-33(37(42)29-47)31-12-10-13-32(27-31)34-14-2-5-18-39(34)48-40-19-6-3-15-35(40)36-16-4-7-20-41(36)48/h2-3,5-15,17-27,44H,4,16H2,1H3. The summed E-state index contributed by atoms with van der Waals surface area (Å²) in [5.74, 6) is 0. The molecule has 0 amide bonds.